The van der Waals surface area contributed by atoms with Crippen LogP contribution >= 0.6 is 0 Å². The Hall–Kier alpha value is -15.7. The number of hydrogen-bond donors (Lipinski definition) is 11. The summed E-state index contributed by atoms with van der Waals surface area (Å²) in [5.74, 6) is 0.213. The predicted molar refractivity (Wildman–Crippen MR) is 505 cm³/mol. The Bertz CT molecular complexity index is 6190. The van der Waals surface area contributed by atoms with Gasteiger partial charge in [-0.25, -0.2) is 0 Å². The lowest BCUT2D eigenvalue weighted by molar-refractivity contribution is -0.117. The Morgan fingerprint density at radius 2 is 0.873 bits per heavy atom. The molecule has 11 N–H and O–H groups in total. The van der Waals surface area contributed by atoms with Gasteiger partial charge in [0.2, 0.25) is 29.5 Å². The molecule has 6 atom stereocenters. The van der Waals surface area contributed by atoms with Crippen LogP contribution in [0.3, 0.4) is 0 Å². The average molecular weight is 1680 g/mol. The number of nitrogens with zero attached hydrogens (tertiary/aromatic N) is 5. The number of aryl methyl sites for hydroxylation is 1. The number of aromatic nitrogens is 5. The van der Waals surface area contributed by atoms with Crippen molar-refractivity contribution in [2.45, 2.75) is 110 Å². The molecular formula is C102H98N16O8. The fourth-order valence-electron chi connectivity index (χ4n) is 15.6. The zero-order chi connectivity index (χ0) is 87.7. The normalized spacial score (nSPS) is 16.7. The number of carbonyl (C=O) groups excluding carboxylic acids is 7. The molecule has 8 heterocycles. The first-order chi connectivity index (χ1) is 61.1. The number of ether oxygens (including phenoxy) is 1. The van der Waals surface area contributed by atoms with E-state index in [1.807, 2.05) is 258 Å². The average Bonchev–Trinajstić information content (AvgIpc) is 1.59. The van der Waals surface area contributed by atoms with E-state index in [1.54, 1.807) is 48.8 Å². The van der Waals surface area contributed by atoms with Gasteiger partial charge in [-0.3, -0.25) is 47.9 Å². The first kappa shape index (κ1) is 85.3. The predicted octanol–water partition coefficient (Wildman–Crippen LogP) is 20.5. The number of anilines is 11. The van der Waals surface area contributed by atoms with E-state index in [9.17, 15) is 33.6 Å². The van der Waals surface area contributed by atoms with Crippen LogP contribution in [0.15, 0.2) is 292 Å². The molecule has 2 unspecified atom stereocenters. The van der Waals surface area contributed by atoms with Gasteiger partial charge >= 0.3 is 0 Å². The largest absolute Gasteiger partial charge is 0.487 e. The van der Waals surface area contributed by atoms with E-state index < -0.39 is 0 Å². The van der Waals surface area contributed by atoms with Crippen molar-refractivity contribution < 1.29 is 38.3 Å². The summed E-state index contributed by atoms with van der Waals surface area (Å²) in [6.45, 7) is 11.9. The number of carbonyl (C=O) groups is 7. The third-order valence-electron chi connectivity index (χ3n) is 21.6. The molecule has 3 aromatic heterocycles. The summed E-state index contributed by atoms with van der Waals surface area (Å²) in [6.07, 6.45) is 15.4. The Kier molecular flexibility index (Phi) is 26.7. The molecule has 5 aliphatic rings. The van der Waals surface area contributed by atoms with E-state index in [0.717, 1.165) is 106 Å². The molecule has 0 radical (unpaired) electrons. The van der Waals surface area contributed by atoms with Crippen molar-refractivity contribution in [3.05, 3.63) is 320 Å². The van der Waals surface area contributed by atoms with Crippen molar-refractivity contribution >= 4 is 127 Å². The lowest BCUT2D eigenvalue weighted by Gasteiger charge is -2.16. The van der Waals surface area contributed by atoms with Gasteiger partial charge in [0, 0.05) is 126 Å². The molecule has 14 aromatic rings. The fourth-order valence-corrected chi connectivity index (χ4v) is 15.6. The molecule has 0 bridgehead atoms. The number of benzene rings is 11. The van der Waals surface area contributed by atoms with Crippen molar-refractivity contribution in [2.24, 2.45) is 7.05 Å². The zero-order valence-electron chi connectivity index (χ0n) is 70.9. The summed E-state index contributed by atoms with van der Waals surface area (Å²) in [6, 6.07) is 84.4. The molecule has 11 aromatic carbocycles. The minimum absolute atomic E-state index is 0.00885. The molecule has 0 aliphatic carbocycles. The lowest BCUT2D eigenvalue weighted by Crippen LogP contribution is -2.20. The molecule has 7 amide bonds. The summed E-state index contributed by atoms with van der Waals surface area (Å²) in [5.41, 5.74) is 21.8. The van der Waals surface area contributed by atoms with Crippen LogP contribution in [0.1, 0.15) is 117 Å². The van der Waals surface area contributed by atoms with Crippen LogP contribution in [0.2, 0.25) is 0 Å². The zero-order valence-corrected chi connectivity index (χ0v) is 70.9. The summed E-state index contributed by atoms with van der Waals surface area (Å²) in [7, 11) is 1.92. The maximum atomic E-state index is 13.0. The Balaban J connectivity index is 0.000000122. The van der Waals surface area contributed by atoms with E-state index in [-0.39, 0.29) is 77.7 Å². The van der Waals surface area contributed by atoms with Gasteiger partial charge in [-0.1, -0.05) is 194 Å². The van der Waals surface area contributed by atoms with Gasteiger partial charge in [0.1, 0.15) is 11.9 Å². The third-order valence-corrected chi connectivity index (χ3v) is 21.6. The minimum Gasteiger partial charge on any atom is -0.487 e. The number of pyridine rings is 1. The van der Waals surface area contributed by atoms with Crippen molar-refractivity contribution in [2.75, 3.05) is 58.5 Å². The summed E-state index contributed by atoms with van der Waals surface area (Å²) >= 11 is 0. The third kappa shape index (κ3) is 21.4. The SMILES string of the molecule is CC1CC(=O)Nc2cccc(C(=O)Nc3cccc(-c4ccccc4)c3)c2N1.CC1CC(=O)Nc2cccc(C(=O)Nc3cccc(-c4cccnc4)c3)c2N1.C[C@@H]1CC(=O)Nc2cccc(-c3ccc4cn(C)nc4c3)c2N1.C[C@@H]1CC(=O)Nc2cccc(-c3cnn([C@H](C)c4ccccc4)c3)c2N1.C[C@@H]1CC(=O)Nc2cccc(/C=C/c3ccccc3)c2O1. The van der Waals surface area contributed by atoms with Crippen LogP contribution in [0.25, 0.3) is 67.6 Å². The molecule has 0 spiro atoms. The van der Waals surface area contributed by atoms with Crippen LogP contribution in [0.5, 0.6) is 5.75 Å². The van der Waals surface area contributed by atoms with E-state index in [4.69, 9.17) is 4.74 Å². The summed E-state index contributed by atoms with van der Waals surface area (Å²) in [5, 5.41) is 44.2. The monoisotopic (exact) mass is 1670 g/mol. The van der Waals surface area contributed by atoms with Crippen molar-refractivity contribution in [1.82, 2.24) is 24.5 Å². The maximum absolute atomic E-state index is 13.0. The van der Waals surface area contributed by atoms with Gasteiger partial charge in [0.25, 0.3) is 11.8 Å². The highest BCUT2D eigenvalue weighted by molar-refractivity contribution is 6.13. The first-order valence-corrected chi connectivity index (χ1v) is 42.1. The molecule has 0 saturated heterocycles. The summed E-state index contributed by atoms with van der Waals surface area (Å²) in [4.78, 5) is 89.6. The minimum atomic E-state index is -0.240. The van der Waals surface area contributed by atoms with Crippen molar-refractivity contribution in [1.29, 1.82) is 0 Å². The van der Waals surface area contributed by atoms with Gasteiger partial charge in [-0.05, 0) is 154 Å². The molecule has 24 nitrogen and oxygen atoms in total. The molecular weight excluding hydrogens is 1580 g/mol. The number of hydrogen-bond acceptors (Lipinski definition) is 15. The van der Waals surface area contributed by atoms with E-state index in [1.165, 1.54) is 5.56 Å². The molecule has 0 fully saturated rings. The quantitative estimate of drug-likeness (QED) is 0.0507. The van der Waals surface area contributed by atoms with Crippen LogP contribution in [-0.4, -0.2) is 96.2 Å². The molecule has 126 heavy (non-hydrogen) atoms. The van der Waals surface area contributed by atoms with Crippen LogP contribution in [-0.2, 0) is 31.0 Å². The standard InChI is InChI=1S/C23H21N3O2.C22H20N4O2.C21H22N4O.C18H18N4O.C18H17NO2/c1-15-13-21(27)26-20-12-6-11-19(22(20)24-15)23(28)25-18-10-5-9-17(14-18)16-7-3-2-4-8-16;1-14-11-20(27)26-19-9-3-8-18(21(19)24-14)22(28)25-17-7-2-5-15(12-17)16-6-4-10-23-13-16;1-14-11-20(26)24-19-10-6-9-18(21(19)23-14)17-12-22-25(13-17)15(2)16-7-4-3-5-8-16;1-11-8-17(23)20-15-5-3-4-14(18(15)19-11)12-6-7-13-10-22(2)21-16(13)9-12;1-13-12-17(20)19-16-9-5-8-15(18(16)21-13)11-10-14-6-3-2-4-7-14/h2-12,14-15,24H,13H2,1H3,(H,25,28)(H,26,27);2-10,12-14,24H,11H2,1H3,(H,25,28)(H,26,27);3-10,12-15,23H,11H2,1-2H3,(H,24,26);3-7,9-11,19H,8H2,1-2H3,(H,20,23);2-11,13H,12H2,1H3,(H,19,20)/b;;;;11-10+/t;;14-,15-;11-;13-/m..111/s1. The smallest absolute Gasteiger partial charge is 0.257 e. The second kappa shape index (κ2) is 39.4. The second-order valence-electron chi connectivity index (χ2n) is 31.8. The first-order valence-electron chi connectivity index (χ1n) is 42.1. The Morgan fingerprint density at radius 3 is 1.42 bits per heavy atom. The summed E-state index contributed by atoms with van der Waals surface area (Å²) < 4.78 is 9.71. The van der Waals surface area contributed by atoms with E-state index in [2.05, 4.69) is 129 Å². The topological polar surface area (TPSA) is 310 Å². The highest BCUT2D eigenvalue weighted by Gasteiger charge is 2.28. The molecule has 19 rings (SSSR count). The Labute approximate surface area is 731 Å². The van der Waals surface area contributed by atoms with Gasteiger partial charge in [0.05, 0.1) is 86.5 Å². The number of nitrogens with one attached hydrogen (secondary N) is 11. The van der Waals surface area contributed by atoms with Crippen LogP contribution in [0.4, 0.5) is 62.6 Å². The molecule has 24 heteroatoms. The van der Waals surface area contributed by atoms with Gasteiger partial charge in [-0.15, -0.1) is 0 Å². The number of para-hydroxylation sites is 5. The molecule has 634 valence electrons. The van der Waals surface area contributed by atoms with Crippen LogP contribution < -0.4 is 63.2 Å². The van der Waals surface area contributed by atoms with Gasteiger partial charge in [0.15, 0.2) is 0 Å². The van der Waals surface area contributed by atoms with Gasteiger partial charge in [-0.2, -0.15) is 10.2 Å². The number of fused-ring (bicyclic) bond motifs is 6. The molecule has 5 aliphatic heterocycles. The molecule has 0 saturated carbocycles. The fraction of sp³-hybridized carbons (Fsp3) is 0.176. The highest BCUT2D eigenvalue weighted by atomic mass is 16.5. The van der Waals surface area contributed by atoms with E-state index in [0.29, 0.717) is 71.7 Å². The maximum Gasteiger partial charge on any atom is 0.257 e. The van der Waals surface area contributed by atoms with Crippen molar-refractivity contribution in [3.8, 4) is 50.3 Å². The van der Waals surface area contributed by atoms with Crippen LogP contribution in [0, 0.1) is 0 Å². The lowest BCUT2D eigenvalue weighted by atomic mass is 10.0. The number of amides is 7. The van der Waals surface area contributed by atoms with Gasteiger partial charge < -0.3 is 63.2 Å². The second-order valence-corrected chi connectivity index (χ2v) is 31.8. The van der Waals surface area contributed by atoms with E-state index >= 15 is 0 Å². The highest BCUT2D eigenvalue weighted by Crippen LogP contribution is 2.41. The Morgan fingerprint density at radius 1 is 0.421 bits per heavy atom. The number of rotatable bonds is 12. The van der Waals surface area contributed by atoms with Crippen molar-refractivity contribution in [3.63, 3.8) is 0 Å².